The number of nitrogens with zero attached hydrogens (tertiary/aromatic N) is 1. The van der Waals surface area contributed by atoms with Crippen molar-refractivity contribution >= 4 is 85.1 Å². The number of thiocarbonyl (C=S) groups is 1. The van der Waals surface area contributed by atoms with E-state index in [-0.39, 0.29) is 5.91 Å². The second-order valence-corrected chi connectivity index (χ2v) is 8.72. The fraction of sp³-hybridized carbons (Fsp3) is 0.111. The fourth-order valence-electron chi connectivity index (χ4n) is 2.51. The number of hydrogen-bond donors (Lipinski definition) is 0. The zero-order valence-electron chi connectivity index (χ0n) is 14.1. The number of amides is 1. The molecule has 1 amide bonds. The third kappa shape index (κ3) is 4.12. The molecule has 1 aliphatic rings. The Morgan fingerprint density at radius 1 is 1.19 bits per heavy atom. The number of carbonyl (C=O) groups excluding carboxylic acids is 1. The van der Waals surface area contributed by atoms with Crippen LogP contribution in [0, 0.1) is 0 Å². The van der Waals surface area contributed by atoms with E-state index in [9.17, 15) is 4.79 Å². The molecule has 3 rings (SSSR count). The Labute approximate surface area is 184 Å². The maximum absolute atomic E-state index is 12.9. The number of rotatable bonds is 4. The van der Waals surface area contributed by atoms with Crippen LogP contribution in [-0.2, 0) is 4.79 Å². The second kappa shape index (κ2) is 8.41. The molecule has 0 aliphatic carbocycles. The van der Waals surface area contributed by atoms with Crippen molar-refractivity contribution in [3.8, 4) is 11.5 Å². The molecule has 0 N–H and O–H groups in total. The lowest BCUT2D eigenvalue weighted by molar-refractivity contribution is -0.113. The number of anilines is 1. The number of carbonyl (C=O) groups is 1. The molecule has 0 bridgehead atoms. The van der Waals surface area contributed by atoms with Gasteiger partial charge in [-0.1, -0.05) is 47.2 Å². The van der Waals surface area contributed by atoms with Crippen LogP contribution in [0.5, 0.6) is 11.5 Å². The molecule has 0 spiro atoms. The van der Waals surface area contributed by atoms with Gasteiger partial charge in [-0.15, -0.1) is 0 Å². The van der Waals surface area contributed by atoms with Crippen molar-refractivity contribution in [1.82, 2.24) is 0 Å². The van der Waals surface area contributed by atoms with E-state index in [2.05, 4.69) is 15.9 Å². The Bertz CT molecular complexity index is 981. The number of ether oxygens (including phenoxy) is 2. The summed E-state index contributed by atoms with van der Waals surface area (Å²) in [4.78, 5) is 14.8. The third-order valence-corrected chi connectivity index (χ3v) is 6.13. The molecule has 0 saturated carbocycles. The van der Waals surface area contributed by atoms with Crippen molar-refractivity contribution in [3.05, 3.63) is 55.3 Å². The minimum Gasteiger partial charge on any atom is -0.493 e. The summed E-state index contributed by atoms with van der Waals surface area (Å²) in [6.07, 6.45) is 1.75. The molecular formula is C18H12BrCl2NO3S2. The van der Waals surface area contributed by atoms with Crippen molar-refractivity contribution in [2.45, 2.75) is 0 Å². The van der Waals surface area contributed by atoms with Gasteiger partial charge in [-0.05, 0) is 57.9 Å². The predicted octanol–water partition coefficient (Wildman–Crippen LogP) is 6.18. The molecule has 27 heavy (non-hydrogen) atoms. The van der Waals surface area contributed by atoms with Gasteiger partial charge in [0.15, 0.2) is 15.8 Å². The Hall–Kier alpha value is -1.25. The molecule has 0 aromatic heterocycles. The van der Waals surface area contributed by atoms with E-state index in [4.69, 9.17) is 44.9 Å². The SMILES string of the molecule is COc1cc(/C=C2\SC(=S)N(c3ccc(Cl)cc3Cl)C2=O)cc(Br)c1OC. The number of hydrogen-bond acceptors (Lipinski definition) is 5. The number of benzene rings is 2. The first kappa shape index (κ1) is 20.5. The smallest absolute Gasteiger partial charge is 0.270 e. The minimum absolute atomic E-state index is 0.250. The molecule has 4 nitrogen and oxygen atoms in total. The Morgan fingerprint density at radius 2 is 1.93 bits per heavy atom. The van der Waals surface area contributed by atoms with Crippen LogP contribution in [0.4, 0.5) is 5.69 Å². The molecule has 1 saturated heterocycles. The first-order valence-corrected chi connectivity index (χ1v) is 10.3. The zero-order valence-corrected chi connectivity index (χ0v) is 18.8. The summed E-state index contributed by atoms with van der Waals surface area (Å²) in [6.45, 7) is 0. The van der Waals surface area contributed by atoms with Gasteiger partial charge in [0.1, 0.15) is 0 Å². The monoisotopic (exact) mass is 503 g/mol. The van der Waals surface area contributed by atoms with E-state index in [1.807, 2.05) is 6.07 Å². The van der Waals surface area contributed by atoms with Gasteiger partial charge in [0.25, 0.3) is 5.91 Å². The van der Waals surface area contributed by atoms with Gasteiger partial charge >= 0.3 is 0 Å². The highest BCUT2D eigenvalue weighted by atomic mass is 79.9. The quantitative estimate of drug-likeness (QED) is 0.367. The largest absolute Gasteiger partial charge is 0.493 e. The lowest BCUT2D eigenvalue weighted by Gasteiger charge is -2.16. The molecule has 0 unspecified atom stereocenters. The topological polar surface area (TPSA) is 38.8 Å². The molecule has 9 heteroatoms. The van der Waals surface area contributed by atoms with E-state index in [0.717, 1.165) is 5.56 Å². The maximum atomic E-state index is 12.9. The average Bonchev–Trinajstić information content (AvgIpc) is 2.88. The van der Waals surface area contributed by atoms with E-state index in [1.54, 1.807) is 44.6 Å². The van der Waals surface area contributed by atoms with E-state index < -0.39 is 0 Å². The minimum atomic E-state index is -0.250. The van der Waals surface area contributed by atoms with Crippen LogP contribution < -0.4 is 14.4 Å². The van der Waals surface area contributed by atoms with Crippen molar-refractivity contribution in [1.29, 1.82) is 0 Å². The third-order valence-electron chi connectivity index (χ3n) is 3.70. The summed E-state index contributed by atoms with van der Waals surface area (Å²) < 4.78 is 11.8. The predicted molar refractivity (Wildman–Crippen MR) is 119 cm³/mol. The number of thioether (sulfide) groups is 1. The van der Waals surface area contributed by atoms with Gasteiger partial charge in [-0.2, -0.15) is 0 Å². The van der Waals surface area contributed by atoms with Gasteiger partial charge in [-0.3, -0.25) is 9.69 Å². The Balaban J connectivity index is 1.98. The summed E-state index contributed by atoms with van der Waals surface area (Å²) in [5.74, 6) is 0.879. The average molecular weight is 505 g/mol. The van der Waals surface area contributed by atoms with Crippen LogP contribution in [0.3, 0.4) is 0 Å². The summed E-state index contributed by atoms with van der Waals surface area (Å²) in [5.41, 5.74) is 1.27. The first-order chi connectivity index (χ1) is 12.8. The highest BCUT2D eigenvalue weighted by molar-refractivity contribution is 9.10. The van der Waals surface area contributed by atoms with Crippen molar-refractivity contribution in [2.24, 2.45) is 0 Å². The Morgan fingerprint density at radius 3 is 2.56 bits per heavy atom. The van der Waals surface area contributed by atoms with Crippen molar-refractivity contribution in [2.75, 3.05) is 19.1 Å². The van der Waals surface area contributed by atoms with Gasteiger partial charge < -0.3 is 9.47 Å². The molecule has 1 fully saturated rings. The maximum Gasteiger partial charge on any atom is 0.270 e. The molecule has 1 aliphatic heterocycles. The van der Waals surface area contributed by atoms with Crippen LogP contribution >= 0.6 is 63.1 Å². The van der Waals surface area contributed by atoms with Gasteiger partial charge in [0, 0.05) is 5.02 Å². The zero-order chi connectivity index (χ0) is 19.7. The normalized spacial score (nSPS) is 15.6. The molecule has 0 atom stereocenters. The van der Waals surface area contributed by atoms with E-state index >= 15 is 0 Å². The van der Waals surface area contributed by atoms with Gasteiger partial charge in [0.05, 0.1) is 34.3 Å². The molecule has 0 radical (unpaired) electrons. The number of methoxy groups -OCH3 is 2. The van der Waals surface area contributed by atoms with E-state index in [1.165, 1.54) is 16.7 Å². The summed E-state index contributed by atoms with van der Waals surface area (Å²) in [5, 5.41) is 0.842. The van der Waals surface area contributed by atoms with E-state index in [0.29, 0.717) is 40.9 Å². The van der Waals surface area contributed by atoms with Crippen LogP contribution in [0.2, 0.25) is 10.0 Å². The summed E-state index contributed by atoms with van der Waals surface area (Å²) in [7, 11) is 3.11. The molecule has 140 valence electrons. The lowest BCUT2D eigenvalue weighted by Crippen LogP contribution is -2.27. The first-order valence-electron chi connectivity index (χ1n) is 7.50. The summed E-state index contributed by atoms with van der Waals surface area (Å²) >= 11 is 22.2. The molecular weight excluding hydrogens is 493 g/mol. The lowest BCUT2D eigenvalue weighted by atomic mass is 10.2. The Kier molecular flexibility index (Phi) is 6.38. The van der Waals surface area contributed by atoms with Crippen LogP contribution in [-0.4, -0.2) is 24.4 Å². The van der Waals surface area contributed by atoms with Crippen LogP contribution in [0.15, 0.2) is 39.7 Å². The van der Waals surface area contributed by atoms with Gasteiger partial charge in [-0.25, -0.2) is 0 Å². The van der Waals surface area contributed by atoms with Crippen molar-refractivity contribution in [3.63, 3.8) is 0 Å². The number of halogens is 3. The molecule has 2 aromatic rings. The molecule has 2 aromatic carbocycles. The highest BCUT2D eigenvalue weighted by Gasteiger charge is 2.34. The fourth-order valence-corrected chi connectivity index (χ4v) is 4.91. The molecule has 1 heterocycles. The van der Waals surface area contributed by atoms with Gasteiger partial charge in [0.2, 0.25) is 0 Å². The summed E-state index contributed by atoms with van der Waals surface area (Å²) in [6, 6.07) is 8.53. The highest BCUT2D eigenvalue weighted by Crippen LogP contribution is 2.41. The standard InChI is InChI=1S/C18H12BrCl2NO3S2/c1-24-14-6-9(5-11(19)16(14)25-2)7-15-17(23)22(18(26)27-15)13-4-3-10(20)8-12(13)21/h3-8H,1-2H3/b15-7-. The van der Waals surface area contributed by atoms with Crippen LogP contribution in [0.25, 0.3) is 6.08 Å². The van der Waals surface area contributed by atoms with Crippen molar-refractivity contribution < 1.29 is 14.3 Å². The second-order valence-electron chi connectivity index (χ2n) is 5.35. The van der Waals surface area contributed by atoms with Crippen LogP contribution in [0.1, 0.15) is 5.56 Å².